The van der Waals surface area contributed by atoms with E-state index in [9.17, 15) is 4.79 Å². The van der Waals surface area contributed by atoms with Gasteiger partial charge in [-0.2, -0.15) is 0 Å². The lowest BCUT2D eigenvalue weighted by Gasteiger charge is -2.07. The van der Waals surface area contributed by atoms with Gasteiger partial charge in [0.15, 0.2) is 5.82 Å². The van der Waals surface area contributed by atoms with Gasteiger partial charge in [0.25, 0.3) is 0 Å². The molecule has 1 N–H and O–H groups in total. The summed E-state index contributed by atoms with van der Waals surface area (Å²) in [5.74, 6) is 0.963. The summed E-state index contributed by atoms with van der Waals surface area (Å²) < 4.78 is 7.29. The van der Waals surface area contributed by atoms with Crippen molar-refractivity contribution in [3.8, 4) is 11.4 Å². The van der Waals surface area contributed by atoms with Crippen molar-refractivity contribution in [2.24, 2.45) is 0 Å². The second kappa shape index (κ2) is 6.48. The van der Waals surface area contributed by atoms with E-state index in [4.69, 9.17) is 4.74 Å². The van der Waals surface area contributed by atoms with Crippen LogP contribution in [0.4, 0.5) is 0 Å². The molecular weight excluding hydrogens is 328 g/mol. The molecule has 0 spiro atoms. The topological polar surface area (TPSA) is 72.8 Å². The molecule has 0 bridgehead atoms. The third-order valence-corrected chi connectivity index (χ3v) is 4.44. The van der Waals surface area contributed by atoms with Gasteiger partial charge in [-0.25, -0.2) is 4.98 Å². The van der Waals surface area contributed by atoms with E-state index in [0.717, 1.165) is 28.0 Å². The van der Waals surface area contributed by atoms with Crippen molar-refractivity contribution >= 4 is 16.8 Å². The first-order valence-corrected chi connectivity index (χ1v) is 8.30. The zero-order chi connectivity index (χ0) is 18.1. The number of nitrogens with one attached hydrogen (secondary N) is 1. The summed E-state index contributed by atoms with van der Waals surface area (Å²) in [5, 5.41) is 0. The Morgan fingerprint density at radius 3 is 2.81 bits per heavy atom. The van der Waals surface area contributed by atoms with Crippen LogP contribution in [0.3, 0.4) is 0 Å². The van der Waals surface area contributed by atoms with Crippen LogP contribution in [0.25, 0.3) is 16.7 Å². The quantitative estimate of drug-likeness (QED) is 0.562. The van der Waals surface area contributed by atoms with Crippen LogP contribution in [-0.4, -0.2) is 32.4 Å². The highest BCUT2D eigenvalue weighted by Gasteiger charge is 2.16. The molecule has 0 unspecified atom stereocenters. The first kappa shape index (κ1) is 16.1. The number of ketones is 1. The minimum absolute atomic E-state index is 0.104. The highest BCUT2D eigenvalue weighted by molar-refractivity contribution is 5.97. The van der Waals surface area contributed by atoms with Crippen LogP contribution in [0.2, 0.25) is 0 Å². The number of imidazole rings is 1. The van der Waals surface area contributed by atoms with Crippen LogP contribution in [0.15, 0.2) is 55.0 Å². The molecule has 4 rings (SSSR count). The fraction of sp³-hybridized carbons (Fsp3) is 0.150. The zero-order valence-corrected chi connectivity index (χ0v) is 14.6. The molecule has 6 heteroatoms. The lowest BCUT2D eigenvalue weighted by Crippen LogP contribution is -2.09. The average Bonchev–Trinajstić information content (AvgIpc) is 3.32. The predicted octanol–water partition coefficient (Wildman–Crippen LogP) is 3.49. The molecule has 0 saturated carbocycles. The second-order valence-corrected chi connectivity index (χ2v) is 6.06. The molecular formula is C20H18N4O2. The van der Waals surface area contributed by atoms with Crippen molar-refractivity contribution in [1.29, 1.82) is 0 Å². The Hall–Kier alpha value is -3.41. The van der Waals surface area contributed by atoms with E-state index >= 15 is 0 Å². The van der Waals surface area contributed by atoms with Gasteiger partial charge < -0.3 is 14.3 Å². The fourth-order valence-electron chi connectivity index (χ4n) is 2.99. The lowest BCUT2D eigenvalue weighted by atomic mass is 10.1. The highest BCUT2D eigenvalue weighted by Crippen LogP contribution is 2.21. The molecule has 3 heterocycles. The normalized spacial score (nSPS) is 11.0. The molecule has 130 valence electrons. The van der Waals surface area contributed by atoms with Crippen molar-refractivity contribution in [1.82, 2.24) is 19.5 Å². The Morgan fingerprint density at radius 1 is 1.23 bits per heavy atom. The molecule has 0 amide bonds. The molecule has 1 aromatic carbocycles. The molecule has 3 aromatic heterocycles. The monoisotopic (exact) mass is 346 g/mol. The Morgan fingerprint density at radius 2 is 2.04 bits per heavy atom. The van der Waals surface area contributed by atoms with Crippen LogP contribution < -0.4 is 4.74 Å². The van der Waals surface area contributed by atoms with Gasteiger partial charge in [0.1, 0.15) is 5.75 Å². The van der Waals surface area contributed by atoms with E-state index in [1.54, 1.807) is 19.4 Å². The molecule has 0 aliphatic rings. The number of carbonyl (C=O) groups excluding carboxylic acids is 1. The largest absolute Gasteiger partial charge is 0.496 e. The van der Waals surface area contributed by atoms with Gasteiger partial charge in [0, 0.05) is 29.8 Å². The summed E-state index contributed by atoms with van der Waals surface area (Å²) in [6.45, 7) is 1.90. The minimum atomic E-state index is -0.104. The number of carbonyl (C=O) groups is 1. The maximum Gasteiger partial charge on any atom is 0.204 e. The Labute approximate surface area is 150 Å². The van der Waals surface area contributed by atoms with E-state index in [1.807, 2.05) is 54.2 Å². The summed E-state index contributed by atoms with van der Waals surface area (Å²) in [6.07, 6.45) is 5.76. The van der Waals surface area contributed by atoms with Gasteiger partial charge in [-0.3, -0.25) is 9.78 Å². The molecule has 0 aliphatic heterocycles. The number of aromatic nitrogens is 4. The van der Waals surface area contributed by atoms with Crippen molar-refractivity contribution in [3.05, 3.63) is 72.1 Å². The van der Waals surface area contributed by atoms with Gasteiger partial charge in [-0.15, -0.1) is 0 Å². The molecule has 6 nitrogen and oxygen atoms in total. The maximum absolute atomic E-state index is 12.7. The number of H-pyrrole nitrogens is 1. The third kappa shape index (κ3) is 2.86. The Bertz CT molecular complexity index is 1080. The van der Waals surface area contributed by atoms with Gasteiger partial charge in [-0.1, -0.05) is 0 Å². The molecule has 0 radical (unpaired) electrons. The lowest BCUT2D eigenvalue weighted by molar-refractivity contribution is 0.0983. The minimum Gasteiger partial charge on any atom is -0.496 e. The third-order valence-electron chi connectivity index (χ3n) is 4.44. The van der Waals surface area contributed by atoms with Gasteiger partial charge in [0.2, 0.25) is 5.78 Å². The molecule has 0 fully saturated rings. The number of rotatable bonds is 5. The summed E-state index contributed by atoms with van der Waals surface area (Å²) >= 11 is 0. The summed E-state index contributed by atoms with van der Waals surface area (Å²) in [6, 6.07) is 11.6. The zero-order valence-electron chi connectivity index (χ0n) is 14.6. The number of ether oxygens (including phenoxy) is 1. The van der Waals surface area contributed by atoms with Crippen molar-refractivity contribution < 1.29 is 9.53 Å². The Kier molecular flexibility index (Phi) is 4.01. The smallest absolute Gasteiger partial charge is 0.204 e. The SMILES string of the molecule is COc1ccnc(CC(=O)c2nc3cc(-n4cccc4)ccc3[nH]2)c1C. The maximum atomic E-state index is 12.7. The molecule has 26 heavy (non-hydrogen) atoms. The molecule has 0 saturated heterocycles. The summed E-state index contributed by atoms with van der Waals surface area (Å²) in [7, 11) is 1.61. The standard InChI is InChI=1S/C20H18N4O2/c1-13-16(21-8-7-19(13)26-2)12-18(25)20-22-15-6-5-14(11-17(15)23-20)24-9-3-4-10-24/h3-11H,12H2,1-2H3,(H,22,23). The van der Waals surface area contributed by atoms with E-state index in [1.165, 1.54) is 0 Å². The number of Topliss-reactive ketones (excluding diaryl/α,β-unsaturated/α-hetero) is 1. The van der Waals surface area contributed by atoms with E-state index in [0.29, 0.717) is 11.5 Å². The molecule has 0 atom stereocenters. The fourth-order valence-corrected chi connectivity index (χ4v) is 2.99. The number of methoxy groups -OCH3 is 1. The summed E-state index contributed by atoms with van der Waals surface area (Å²) in [5.41, 5.74) is 4.16. The predicted molar refractivity (Wildman–Crippen MR) is 99.0 cm³/mol. The highest BCUT2D eigenvalue weighted by atomic mass is 16.5. The number of benzene rings is 1. The number of aromatic amines is 1. The van der Waals surface area contributed by atoms with Crippen molar-refractivity contribution in [2.75, 3.05) is 7.11 Å². The Balaban J connectivity index is 1.63. The van der Waals surface area contributed by atoms with Crippen LogP contribution in [-0.2, 0) is 6.42 Å². The van der Waals surface area contributed by atoms with Gasteiger partial charge in [0.05, 0.1) is 30.3 Å². The van der Waals surface area contributed by atoms with Crippen molar-refractivity contribution in [3.63, 3.8) is 0 Å². The van der Waals surface area contributed by atoms with E-state index < -0.39 is 0 Å². The van der Waals surface area contributed by atoms with E-state index in [2.05, 4.69) is 15.0 Å². The number of hydrogen-bond acceptors (Lipinski definition) is 4. The van der Waals surface area contributed by atoms with Crippen LogP contribution >= 0.6 is 0 Å². The second-order valence-electron chi connectivity index (χ2n) is 6.06. The molecule has 4 aromatic rings. The van der Waals surface area contributed by atoms with E-state index in [-0.39, 0.29) is 12.2 Å². The number of nitrogens with zero attached hydrogens (tertiary/aromatic N) is 3. The summed E-state index contributed by atoms with van der Waals surface area (Å²) in [4.78, 5) is 24.6. The number of hydrogen-bond donors (Lipinski definition) is 1. The first-order valence-electron chi connectivity index (χ1n) is 8.30. The number of fused-ring (bicyclic) bond motifs is 1. The van der Waals surface area contributed by atoms with Crippen LogP contribution in [0.5, 0.6) is 5.75 Å². The molecule has 0 aliphatic carbocycles. The van der Waals surface area contributed by atoms with Gasteiger partial charge in [-0.05, 0) is 43.3 Å². The first-order chi connectivity index (χ1) is 12.7. The van der Waals surface area contributed by atoms with Gasteiger partial charge >= 0.3 is 0 Å². The average molecular weight is 346 g/mol. The van der Waals surface area contributed by atoms with Crippen LogP contribution in [0.1, 0.15) is 21.9 Å². The van der Waals surface area contributed by atoms with Crippen molar-refractivity contribution in [2.45, 2.75) is 13.3 Å². The number of pyridine rings is 1. The van der Waals surface area contributed by atoms with Crippen LogP contribution in [0, 0.1) is 6.92 Å².